The van der Waals surface area contributed by atoms with Crippen molar-refractivity contribution in [3.05, 3.63) is 60.3 Å². The molecule has 0 aliphatic rings. The summed E-state index contributed by atoms with van der Waals surface area (Å²) in [5, 5.41) is 14.3. The van der Waals surface area contributed by atoms with Crippen LogP contribution in [0.2, 0.25) is 0 Å². The fraction of sp³-hybridized carbons (Fsp3) is 0.286. The number of fused-ring (bicyclic) bond motifs is 1. The number of H-pyrrole nitrogens is 1. The summed E-state index contributed by atoms with van der Waals surface area (Å²) in [6, 6.07) is 15.0. The van der Waals surface area contributed by atoms with E-state index in [1.54, 1.807) is 12.3 Å². The van der Waals surface area contributed by atoms with Gasteiger partial charge in [0.2, 0.25) is 11.8 Å². The van der Waals surface area contributed by atoms with Gasteiger partial charge in [-0.2, -0.15) is 5.10 Å². The summed E-state index contributed by atoms with van der Waals surface area (Å²) in [4.78, 5) is 25.2. The molecule has 1 aromatic heterocycles. The Balaban J connectivity index is 1.70. The van der Waals surface area contributed by atoms with Crippen LogP contribution >= 0.6 is 0 Å². The van der Waals surface area contributed by atoms with Gasteiger partial charge in [-0.05, 0) is 28.7 Å². The summed E-state index contributed by atoms with van der Waals surface area (Å²) in [5.74, 6) is 0.355. The first kappa shape index (κ1) is 18.6. The van der Waals surface area contributed by atoms with Crippen LogP contribution in [0.1, 0.15) is 25.8 Å². The summed E-state index contributed by atoms with van der Waals surface area (Å²) in [6.07, 6.45) is 2.35. The van der Waals surface area contributed by atoms with Crippen LogP contribution in [0.15, 0.2) is 54.7 Å². The Bertz CT molecular complexity index is 914. The summed E-state index contributed by atoms with van der Waals surface area (Å²) < 4.78 is 0. The van der Waals surface area contributed by atoms with Crippen LogP contribution in [-0.4, -0.2) is 28.1 Å². The van der Waals surface area contributed by atoms with Gasteiger partial charge in [-0.15, -0.1) is 0 Å². The highest BCUT2D eigenvalue weighted by Crippen LogP contribution is 2.19. The van der Waals surface area contributed by atoms with Crippen LogP contribution in [-0.2, 0) is 16.0 Å². The monoisotopic (exact) mass is 364 g/mol. The molecule has 0 saturated carbocycles. The Labute approximate surface area is 158 Å². The zero-order valence-corrected chi connectivity index (χ0v) is 15.5. The van der Waals surface area contributed by atoms with E-state index < -0.39 is 6.04 Å². The van der Waals surface area contributed by atoms with Gasteiger partial charge in [0, 0.05) is 6.07 Å². The molecule has 3 rings (SSSR count). The maximum Gasteiger partial charge on any atom is 0.248 e. The second kappa shape index (κ2) is 8.49. The number of aromatic amines is 1. The van der Waals surface area contributed by atoms with Gasteiger partial charge in [-0.1, -0.05) is 56.3 Å². The molecule has 1 atom stereocenters. The van der Waals surface area contributed by atoms with E-state index in [1.807, 2.05) is 56.3 Å². The molecule has 3 aromatic rings. The van der Waals surface area contributed by atoms with E-state index in [-0.39, 0.29) is 24.2 Å². The summed E-state index contributed by atoms with van der Waals surface area (Å²) >= 11 is 0. The lowest BCUT2D eigenvalue weighted by Gasteiger charge is -2.20. The standard InChI is InChI=1S/C21H24N4O2/c1-14(2)12-18(21(27)24-19-10-11-22-25-19)23-20(26)13-16-8-5-7-15-6-3-4-9-17(15)16/h3-11,14,18H,12-13H2,1-2H3,(H,23,26)(H2,22,24,25,27)/t18-/m0/s1. The molecule has 0 radical (unpaired) electrons. The summed E-state index contributed by atoms with van der Waals surface area (Å²) in [5.41, 5.74) is 0.947. The predicted octanol–water partition coefficient (Wildman–Crippen LogP) is 3.28. The zero-order valence-electron chi connectivity index (χ0n) is 15.5. The van der Waals surface area contributed by atoms with Crippen molar-refractivity contribution in [1.29, 1.82) is 0 Å². The van der Waals surface area contributed by atoms with Gasteiger partial charge in [0.25, 0.3) is 0 Å². The number of nitrogens with zero attached hydrogens (tertiary/aromatic N) is 1. The highest BCUT2D eigenvalue weighted by molar-refractivity contribution is 5.97. The molecule has 3 N–H and O–H groups in total. The minimum absolute atomic E-state index is 0.170. The van der Waals surface area contributed by atoms with Crippen molar-refractivity contribution in [2.45, 2.75) is 32.7 Å². The van der Waals surface area contributed by atoms with Gasteiger partial charge in [-0.3, -0.25) is 14.7 Å². The Hall–Kier alpha value is -3.15. The lowest BCUT2D eigenvalue weighted by molar-refractivity contribution is -0.126. The topological polar surface area (TPSA) is 86.9 Å². The molecule has 0 bridgehead atoms. The van der Waals surface area contributed by atoms with Crippen LogP contribution in [0.3, 0.4) is 0 Å². The third-order valence-corrected chi connectivity index (χ3v) is 4.35. The van der Waals surface area contributed by atoms with Crippen molar-refractivity contribution >= 4 is 28.4 Å². The molecule has 0 aliphatic heterocycles. The molecule has 0 unspecified atom stereocenters. The van der Waals surface area contributed by atoms with E-state index in [4.69, 9.17) is 0 Å². The highest BCUT2D eigenvalue weighted by atomic mass is 16.2. The number of nitrogens with one attached hydrogen (secondary N) is 3. The molecule has 2 amide bonds. The number of amides is 2. The van der Waals surface area contributed by atoms with Gasteiger partial charge >= 0.3 is 0 Å². The van der Waals surface area contributed by atoms with Crippen LogP contribution in [0.5, 0.6) is 0 Å². The number of benzene rings is 2. The molecular weight excluding hydrogens is 340 g/mol. The second-order valence-electron chi connectivity index (χ2n) is 7.02. The van der Waals surface area contributed by atoms with E-state index in [2.05, 4.69) is 20.8 Å². The van der Waals surface area contributed by atoms with E-state index >= 15 is 0 Å². The lowest BCUT2D eigenvalue weighted by atomic mass is 10.0. The number of hydrogen-bond donors (Lipinski definition) is 3. The van der Waals surface area contributed by atoms with E-state index in [9.17, 15) is 9.59 Å². The normalized spacial score (nSPS) is 12.1. The zero-order chi connectivity index (χ0) is 19.2. The Morgan fingerprint density at radius 3 is 2.59 bits per heavy atom. The Morgan fingerprint density at radius 2 is 1.85 bits per heavy atom. The fourth-order valence-corrected chi connectivity index (χ4v) is 3.11. The average Bonchev–Trinajstić information content (AvgIpc) is 3.14. The number of aromatic nitrogens is 2. The first-order chi connectivity index (χ1) is 13.0. The SMILES string of the molecule is CC(C)C[C@H](NC(=O)Cc1cccc2ccccc12)C(=O)Nc1ccn[nH]1. The third kappa shape index (κ3) is 4.94. The van der Waals surface area contributed by atoms with Crippen molar-refractivity contribution in [2.75, 3.05) is 5.32 Å². The molecule has 2 aromatic carbocycles. The first-order valence-corrected chi connectivity index (χ1v) is 9.09. The molecule has 140 valence electrons. The highest BCUT2D eigenvalue weighted by Gasteiger charge is 2.22. The molecule has 0 aliphatic carbocycles. The van der Waals surface area contributed by atoms with E-state index in [0.717, 1.165) is 16.3 Å². The fourth-order valence-electron chi connectivity index (χ4n) is 3.11. The summed E-state index contributed by atoms with van der Waals surface area (Å²) in [6.45, 7) is 4.04. The van der Waals surface area contributed by atoms with E-state index in [1.165, 1.54) is 0 Å². The minimum atomic E-state index is -0.601. The maximum absolute atomic E-state index is 12.6. The third-order valence-electron chi connectivity index (χ3n) is 4.35. The van der Waals surface area contributed by atoms with Gasteiger partial charge in [0.05, 0.1) is 12.6 Å². The van der Waals surface area contributed by atoms with Crippen LogP contribution < -0.4 is 10.6 Å². The largest absolute Gasteiger partial charge is 0.344 e. The van der Waals surface area contributed by atoms with Crippen LogP contribution in [0.4, 0.5) is 5.82 Å². The number of rotatable bonds is 7. The van der Waals surface area contributed by atoms with Crippen LogP contribution in [0.25, 0.3) is 10.8 Å². The maximum atomic E-state index is 12.6. The lowest BCUT2D eigenvalue weighted by Crippen LogP contribution is -2.45. The van der Waals surface area contributed by atoms with E-state index in [0.29, 0.717) is 12.2 Å². The van der Waals surface area contributed by atoms with Crippen molar-refractivity contribution in [3.63, 3.8) is 0 Å². The number of carbonyl (C=O) groups is 2. The van der Waals surface area contributed by atoms with Crippen molar-refractivity contribution in [3.8, 4) is 0 Å². The Morgan fingerprint density at radius 1 is 1.07 bits per heavy atom. The molecule has 6 heteroatoms. The molecular formula is C21H24N4O2. The number of anilines is 1. The second-order valence-corrected chi connectivity index (χ2v) is 7.02. The Kier molecular flexibility index (Phi) is 5.86. The van der Waals surface area contributed by atoms with Crippen molar-refractivity contribution < 1.29 is 9.59 Å². The molecule has 0 saturated heterocycles. The van der Waals surface area contributed by atoms with Crippen molar-refractivity contribution in [2.24, 2.45) is 5.92 Å². The molecule has 0 fully saturated rings. The van der Waals surface area contributed by atoms with Gasteiger partial charge in [-0.25, -0.2) is 0 Å². The van der Waals surface area contributed by atoms with Gasteiger partial charge in [0.15, 0.2) is 0 Å². The molecule has 0 spiro atoms. The average molecular weight is 364 g/mol. The molecule has 6 nitrogen and oxygen atoms in total. The van der Waals surface area contributed by atoms with Gasteiger partial charge < -0.3 is 10.6 Å². The minimum Gasteiger partial charge on any atom is -0.344 e. The quantitative estimate of drug-likeness (QED) is 0.601. The van der Waals surface area contributed by atoms with Crippen LogP contribution in [0, 0.1) is 5.92 Å². The molecule has 1 heterocycles. The first-order valence-electron chi connectivity index (χ1n) is 9.09. The predicted molar refractivity (Wildman–Crippen MR) is 106 cm³/mol. The van der Waals surface area contributed by atoms with Crippen molar-refractivity contribution in [1.82, 2.24) is 15.5 Å². The van der Waals surface area contributed by atoms with Gasteiger partial charge in [0.1, 0.15) is 11.9 Å². The smallest absolute Gasteiger partial charge is 0.248 e. The summed E-state index contributed by atoms with van der Waals surface area (Å²) in [7, 11) is 0. The number of carbonyl (C=O) groups excluding carboxylic acids is 2. The number of hydrogen-bond acceptors (Lipinski definition) is 3. The molecule has 27 heavy (non-hydrogen) atoms.